The van der Waals surface area contributed by atoms with Gasteiger partial charge in [0.25, 0.3) is 0 Å². The van der Waals surface area contributed by atoms with E-state index in [1.165, 1.54) is 0 Å². The molecule has 1 aliphatic carbocycles. The summed E-state index contributed by atoms with van der Waals surface area (Å²) in [5.74, 6) is -0.0123. The first kappa shape index (κ1) is 26.0. The Bertz CT molecular complexity index is 1180. The fourth-order valence-corrected chi connectivity index (χ4v) is 5.05. The van der Waals surface area contributed by atoms with E-state index in [-0.39, 0.29) is 23.8 Å². The maximum atomic E-state index is 13.7. The number of halogens is 1. The van der Waals surface area contributed by atoms with Crippen LogP contribution in [0.15, 0.2) is 71.1 Å². The summed E-state index contributed by atoms with van der Waals surface area (Å²) < 4.78 is 11.5. The van der Waals surface area contributed by atoms with Gasteiger partial charge in [-0.15, -0.1) is 0 Å². The summed E-state index contributed by atoms with van der Waals surface area (Å²) in [6, 6.07) is 15.4. The molecule has 0 amide bonds. The van der Waals surface area contributed by atoms with Gasteiger partial charge in [0.15, 0.2) is 5.78 Å². The Balaban J connectivity index is 1.74. The maximum absolute atomic E-state index is 13.7. The second-order valence-electron chi connectivity index (χ2n) is 9.61. The fourth-order valence-electron chi connectivity index (χ4n) is 4.92. The summed E-state index contributed by atoms with van der Waals surface area (Å²) in [6.07, 6.45) is 2.48. The van der Waals surface area contributed by atoms with Crippen LogP contribution in [0, 0.1) is 0 Å². The maximum Gasteiger partial charge on any atom is 0.337 e. The second kappa shape index (κ2) is 11.3. The first-order valence-corrected chi connectivity index (χ1v) is 13.1. The molecule has 36 heavy (non-hydrogen) atoms. The van der Waals surface area contributed by atoms with Gasteiger partial charge in [0.1, 0.15) is 5.75 Å². The first-order chi connectivity index (χ1) is 17.3. The lowest BCUT2D eigenvalue weighted by Gasteiger charge is -2.37. The highest BCUT2D eigenvalue weighted by Gasteiger charge is 2.41. The summed E-state index contributed by atoms with van der Waals surface area (Å²) in [5.41, 5.74) is 4.71. The molecule has 190 valence electrons. The Kier molecular flexibility index (Phi) is 8.20. The van der Waals surface area contributed by atoms with Crippen molar-refractivity contribution in [1.29, 1.82) is 0 Å². The highest BCUT2D eigenvalue weighted by atomic mass is 35.5. The van der Waals surface area contributed by atoms with E-state index < -0.39 is 5.92 Å². The van der Waals surface area contributed by atoms with Gasteiger partial charge >= 0.3 is 5.97 Å². The van der Waals surface area contributed by atoms with Crippen molar-refractivity contribution in [1.82, 2.24) is 5.32 Å². The van der Waals surface area contributed by atoms with Crippen LogP contribution < -0.4 is 10.1 Å². The Morgan fingerprint density at radius 1 is 1.06 bits per heavy atom. The zero-order valence-electron chi connectivity index (χ0n) is 21.4. The Labute approximate surface area is 218 Å². The zero-order chi connectivity index (χ0) is 25.8. The Hall–Kier alpha value is -3.05. The van der Waals surface area contributed by atoms with E-state index in [0.717, 1.165) is 41.1 Å². The lowest BCUT2D eigenvalue weighted by Crippen LogP contribution is -2.36. The number of dihydropyridines is 1. The normalized spacial score (nSPS) is 20.5. The molecular weight excluding hydrogens is 474 g/mol. The molecule has 3 atom stereocenters. The molecule has 1 aliphatic heterocycles. The summed E-state index contributed by atoms with van der Waals surface area (Å²) in [4.78, 5) is 27.1. The number of esters is 1. The van der Waals surface area contributed by atoms with Gasteiger partial charge < -0.3 is 14.8 Å². The Morgan fingerprint density at radius 2 is 1.72 bits per heavy atom. The standard InChI is InChI=1S/C30H34ClNO4/c1-5-15-35-24-13-9-21(10-14-24)28-27(30(34)36-18(3)6-2)19(4)32-25-16-22(17-26(33)29(25)28)20-7-11-23(31)12-8-20/h7-14,18,22,28,32H,5-6,15-17H2,1-4H3/t18-,22+,28+/m0/s1. The van der Waals surface area contributed by atoms with Gasteiger partial charge in [-0.1, -0.05) is 49.7 Å². The number of carbonyl (C=O) groups excluding carboxylic acids is 2. The predicted octanol–water partition coefficient (Wildman–Crippen LogP) is 6.83. The predicted molar refractivity (Wildman–Crippen MR) is 142 cm³/mol. The van der Waals surface area contributed by atoms with Crippen molar-refractivity contribution in [3.8, 4) is 5.75 Å². The van der Waals surface area contributed by atoms with Gasteiger partial charge in [-0.05, 0) is 74.4 Å². The van der Waals surface area contributed by atoms with Crippen LogP contribution in [0.3, 0.4) is 0 Å². The molecule has 1 N–H and O–H groups in total. The number of nitrogens with one attached hydrogen (secondary N) is 1. The van der Waals surface area contributed by atoms with Crippen molar-refractivity contribution in [3.63, 3.8) is 0 Å². The number of ketones is 1. The molecule has 4 rings (SSSR count). The third-order valence-corrected chi connectivity index (χ3v) is 7.21. The average molecular weight is 508 g/mol. The number of rotatable bonds is 8. The number of Topliss-reactive ketones (excluding diaryl/α,β-unsaturated/α-hetero) is 1. The van der Waals surface area contributed by atoms with Gasteiger partial charge in [0.05, 0.1) is 18.3 Å². The van der Waals surface area contributed by atoms with E-state index in [4.69, 9.17) is 21.1 Å². The largest absolute Gasteiger partial charge is 0.494 e. The third kappa shape index (κ3) is 5.52. The molecule has 0 bridgehead atoms. The monoisotopic (exact) mass is 507 g/mol. The molecule has 2 aromatic carbocycles. The van der Waals surface area contributed by atoms with Crippen LogP contribution in [0.2, 0.25) is 5.02 Å². The zero-order valence-corrected chi connectivity index (χ0v) is 22.2. The van der Waals surface area contributed by atoms with Crippen LogP contribution in [0.4, 0.5) is 0 Å². The Morgan fingerprint density at radius 3 is 2.36 bits per heavy atom. The highest BCUT2D eigenvalue weighted by molar-refractivity contribution is 6.30. The number of hydrogen-bond acceptors (Lipinski definition) is 5. The summed E-state index contributed by atoms with van der Waals surface area (Å²) in [7, 11) is 0. The lowest BCUT2D eigenvalue weighted by atomic mass is 9.71. The number of hydrogen-bond donors (Lipinski definition) is 1. The molecule has 0 saturated heterocycles. The van der Waals surface area contributed by atoms with Crippen molar-refractivity contribution < 1.29 is 19.1 Å². The lowest BCUT2D eigenvalue weighted by molar-refractivity contribution is -0.144. The minimum absolute atomic E-state index is 0.0429. The molecular formula is C30H34ClNO4. The van der Waals surface area contributed by atoms with Gasteiger partial charge in [-0.25, -0.2) is 4.79 Å². The third-order valence-electron chi connectivity index (χ3n) is 6.96. The summed E-state index contributed by atoms with van der Waals surface area (Å²) in [6.45, 7) is 8.45. The SMILES string of the molecule is CCCOc1ccc([C@@H]2C(C(=O)O[C@@H](C)CC)=C(C)NC3=C2C(=O)C[C@H](c2ccc(Cl)cc2)C3)cc1. The number of benzene rings is 2. The minimum Gasteiger partial charge on any atom is -0.494 e. The van der Waals surface area contributed by atoms with Crippen LogP contribution in [-0.2, 0) is 14.3 Å². The van der Waals surface area contributed by atoms with Crippen molar-refractivity contribution in [2.75, 3.05) is 6.61 Å². The van der Waals surface area contributed by atoms with E-state index in [9.17, 15) is 9.59 Å². The molecule has 0 fully saturated rings. The van der Waals surface area contributed by atoms with Crippen LogP contribution >= 0.6 is 11.6 Å². The van der Waals surface area contributed by atoms with Gasteiger partial charge in [-0.3, -0.25) is 4.79 Å². The molecule has 2 aliphatic rings. The van der Waals surface area contributed by atoms with Crippen molar-refractivity contribution >= 4 is 23.4 Å². The van der Waals surface area contributed by atoms with Gasteiger partial charge in [0.2, 0.25) is 0 Å². The average Bonchev–Trinajstić information content (AvgIpc) is 2.87. The first-order valence-electron chi connectivity index (χ1n) is 12.8. The van der Waals surface area contributed by atoms with Gasteiger partial charge in [-0.2, -0.15) is 0 Å². The highest BCUT2D eigenvalue weighted by Crippen LogP contribution is 2.46. The molecule has 1 heterocycles. The molecule has 6 heteroatoms. The topological polar surface area (TPSA) is 64.6 Å². The summed E-state index contributed by atoms with van der Waals surface area (Å²) in [5, 5.41) is 4.08. The second-order valence-corrected chi connectivity index (χ2v) is 10.0. The van der Waals surface area contributed by atoms with Crippen LogP contribution in [-0.4, -0.2) is 24.5 Å². The van der Waals surface area contributed by atoms with Crippen molar-refractivity contribution in [2.45, 2.75) is 71.3 Å². The molecule has 0 spiro atoms. The molecule has 0 unspecified atom stereocenters. The molecule has 0 aromatic heterocycles. The fraction of sp³-hybridized carbons (Fsp3) is 0.400. The van der Waals surface area contributed by atoms with Gasteiger partial charge in [0, 0.05) is 34.3 Å². The van der Waals surface area contributed by atoms with E-state index in [0.29, 0.717) is 35.6 Å². The smallest absolute Gasteiger partial charge is 0.337 e. The van der Waals surface area contributed by atoms with Crippen molar-refractivity contribution in [3.05, 3.63) is 87.2 Å². The molecule has 2 aromatic rings. The van der Waals surface area contributed by atoms with E-state index >= 15 is 0 Å². The molecule has 0 radical (unpaired) electrons. The minimum atomic E-state index is -0.489. The van der Waals surface area contributed by atoms with Crippen LogP contribution in [0.5, 0.6) is 5.75 Å². The quantitative estimate of drug-likeness (QED) is 0.396. The molecule has 5 nitrogen and oxygen atoms in total. The van der Waals surface area contributed by atoms with Crippen molar-refractivity contribution in [2.24, 2.45) is 0 Å². The molecule has 0 saturated carbocycles. The number of carbonyl (C=O) groups is 2. The van der Waals surface area contributed by atoms with E-state index in [2.05, 4.69) is 12.2 Å². The number of ether oxygens (including phenoxy) is 2. The van der Waals surface area contributed by atoms with Crippen LogP contribution in [0.25, 0.3) is 0 Å². The van der Waals surface area contributed by atoms with Crippen LogP contribution in [0.1, 0.15) is 76.3 Å². The summed E-state index contributed by atoms with van der Waals surface area (Å²) >= 11 is 6.08. The van der Waals surface area contributed by atoms with E-state index in [1.54, 1.807) is 0 Å². The number of allylic oxidation sites excluding steroid dienone is 3. The van der Waals surface area contributed by atoms with E-state index in [1.807, 2.05) is 69.3 Å².